The van der Waals surface area contributed by atoms with Gasteiger partial charge in [-0.3, -0.25) is 4.79 Å². The summed E-state index contributed by atoms with van der Waals surface area (Å²) in [6.45, 7) is 3.59. The monoisotopic (exact) mass is 337 g/mol. The first kappa shape index (κ1) is 15.3. The second-order valence-electron chi connectivity index (χ2n) is 6.07. The van der Waals surface area contributed by atoms with Gasteiger partial charge in [0, 0.05) is 11.4 Å². The highest BCUT2D eigenvalue weighted by Crippen LogP contribution is 2.34. The van der Waals surface area contributed by atoms with Gasteiger partial charge in [-0.25, -0.2) is 4.98 Å². The van der Waals surface area contributed by atoms with Gasteiger partial charge in [0.25, 0.3) is 5.56 Å². The molecule has 4 nitrogen and oxygen atoms in total. The van der Waals surface area contributed by atoms with Crippen LogP contribution in [0.3, 0.4) is 0 Å². The normalized spacial score (nSPS) is 14.5. The zero-order valence-electron chi connectivity index (χ0n) is 13.6. The van der Waals surface area contributed by atoms with Crippen LogP contribution in [-0.2, 0) is 6.54 Å². The van der Waals surface area contributed by atoms with Crippen LogP contribution in [-0.4, -0.2) is 22.3 Å². The molecular formula is C19H19N3OS. The topological polar surface area (TPSA) is 49.0 Å². The molecule has 0 bridgehead atoms. The van der Waals surface area contributed by atoms with Crippen LogP contribution in [0.4, 0.5) is 5.69 Å². The number of anilines is 1. The average molecular weight is 337 g/mol. The Bertz CT molecular complexity index is 951. The summed E-state index contributed by atoms with van der Waals surface area (Å²) >= 11 is 1.90. The van der Waals surface area contributed by atoms with E-state index >= 15 is 0 Å². The van der Waals surface area contributed by atoms with Crippen molar-refractivity contribution in [3.8, 4) is 0 Å². The van der Waals surface area contributed by atoms with E-state index in [2.05, 4.69) is 34.1 Å². The van der Waals surface area contributed by atoms with Crippen LogP contribution in [0.5, 0.6) is 0 Å². The fourth-order valence-electron chi connectivity index (χ4n) is 3.17. The van der Waals surface area contributed by atoms with Gasteiger partial charge in [0.1, 0.15) is 5.82 Å². The van der Waals surface area contributed by atoms with Gasteiger partial charge in [-0.1, -0.05) is 24.3 Å². The molecule has 5 heteroatoms. The molecule has 2 aromatic carbocycles. The van der Waals surface area contributed by atoms with Crippen molar-refractivity contribution in [3.63, 3.8) is 0 Å². The van der Waals surface area contributed by atoms with Crippen molar-refractivity contribution in [1.29, 1.82) is 0 Å². The van der Waals surface area contributed by atoms with Crippen molar-refractivity contribution in [2.45, 2.75) is 24.8 Å². The minimum absolute atomic E-state index is 0.0591. The summed E-state index contributed by atoms with van der Waals surface area (Å²) in [5.74, 6) is 1.84. The molecule has 3 aromatic rings. The van der Waals surface area contributed by atoms with Crippen molar-refractivity contribution in [1.82, 2.24) is 9.97 Å². The lowest BCUT2D eigenvalue weighted by atomic mass is 10.1. The number of aromatic nitrogens is 2. The largest absolute Gasteiger partial charge is 0.363 e. The first-order valence-corrected chi connectivity index (χ1v) is 9.16. The van der Waals surface area contributed by atoms with Gasteiger partial charge in [0.05, 0.1) is 23.1 Å². The Morgan fingerprint density at radius 2 is 2.08 bits per heavy atom. The minimum atomic E-state index is -0.0591. The molecule has 1 N–H and O–H groups in total. The molecular weight excluding hydrogens is 318 g/mol. The molecule has 0 radical (unpaired) electrons. The summed E-state index contributed by atoms with van der Waals surface area (Å²) in [7, 11) is 0. The van der Waals surface area contributed by atoms with E-state index in [4.69, 9.17) is 4.98 Å². The molecule has 0 saturated heterocycles. The molecule has 0 aliphatic carbocycles. The fraction of sp³-hybridized carbons (Fsp3) is 0.263. The molecule has 0 unspecified atom stereocenters. The van der Waals surface area contributed by atoms with Crippen molar-refractivity contribution in [3.05, 3.63) is 64.2 Å². The first-order chi connectivity index (χ1) is 11.7. The maximum absolute atomic E-state index is 12.4. The molecule has 0 saturated carbocycles. The summed E-state index contributed by atoms with van der Waals surface area (Å²) in [6, 6.07) is 14.2. The summed E-state index contributed by atoms with van der Waals surface area (Å²) in [4.78, 5) is 23.7. The van der Waals surface area contributed by atoms with Gasteiger partial charge < -0.3 is 9.88 Å². The number of hydrogen-bond acceptors (Lipinski definition) is 4. The number of aryl methyl sites for hydroxylation is 1. The number of rotatable bonds is 2. The van der Waals surface area contributed by atoms with Crippen LogP contribution in [0.15, 0.2) is 52.2 Å². The van der Waals surface area contributed by atoms with Gasteiger partial charge in [-0.05, 0) is 42.9 Å². The third-order valence-electron chi connectivity index (χ3n) is 4.36. The third-order valence-corrected chi connectivity index (χ3v) is 5.51. The van der Waals surface area contributed by atoms with E-state index in [0.29, 0.717) is 11.9 Å². The van der Waals surface area contributed by atoms with Gasteiger partial charge in [-0.2, -0.15) is 0 Å². The Morgan fingerprint density at radius 1 is 1.21 bits per heavy atom. The highest BCUT2D eigenvalue weighted by atomic mass is 32.2. The second kappa shape index (κ2) is 6.32. The summed E-state index contributed by atoms with van der Waals surface area (Å²) < 4.78 is 0. The van der Waals surface area contributed by atoms with E-state index in [0.717, 1.165) is 35.6 Å². The number of hydrogen-bond donors (Lipinski definition) is 1. The number of para-hydroxylation sites is 2. The highest BCUT2D eigenvalue weighted by molar-refractivity contribution is 7.99. The maximum atomic E-state index is 12.4. The molecule has 122 valence electrons. The summed E-state index contributed by atoms with van der Waals surface area (Å²) in [6.07, 6.45) is 1.12. The van der Waals surface area contributed by atoms with Gasteiger partial charge >= 0.3 is 0 Å². The molecule has 1 aromatic heterocycles. The number of fused-ring (bicyclic) bond motifs is 2. The molecule has 0 spiro atoms. The van der Waals surface area contributed by atoms with E-state index in [1.54, 1.807) is 0 Å². The molecule has 4 rings (SSSR count). The highest BCUT2D eigenvalue weighted by Gasteiger charge is 2.17. The van der Waals surface area contributed by atoms with E-state index in [1.807, 2.05) is 36.9 Å². The lowest BCUT2D eigenvalue weighted by Crippen LogP contribution is -2.26. The average Bonchev–Trinajstić information content (AvgIpc) is 2.79. The number of benzene rings is 2. The predicted molar refractivity (Wildman–Crippen MR) is 99.9 cm³/mol. The minimum Gasteiger partial charge on any atom is -0.363 e. The number of H-pyrrole nitrogens is 1. The van der Waals surface area contributed by atoms with Crippen LogP contribution in [0.25, 0.3) is 10.9 Å². The standard InChI is InChI=1S/C19H19N3OS/c1-13-6-4-7-14-18(13)20-17(21-19(14)23)12-22-10-5-11-24-16-9-3-2-8-15(16)22/h2-4,6-9H,5,10-12H2,1H3,(H,20,21,23). The number of thioether (sulfide) groups is 1. The zero-order chi connectivity index (χ0) is 16.5. The Kier molecular flexibility index (Phi) is 4.02. The van der Waals surface area contributed by atoms with Crippen LogP contribution < -0.4 is 10.5 Å². The zero-order valence-corrected chi connectivity index (χ0v) is 14.4. The van der Waals surface area contributed by atoms with Crippen molar-refractivity contribution in [2.75, 3.05) is 17.2 Å². The van der Waals surface area contributed by atoms with Crippen molar-refractivity contribution < 1.29 is 0 Å². The smallest absolute Gasteiger partial charge is 0.258 e. The third kappa shape index (κ3) is 2.80. The van der Waals surface area contributed by atoms with Gasteiger partial charge in [-0.15, -0.1) is 11.8 Å². The lowest BCUT2D eigenvalue weighted by molar-refractivity contribution is 0.739. The van der Waals surface area contributed by atoms with Crippen LogP contribution in [0, 0.1) is 6.92 Å². The molecule has 24 heavy (non-hydrogen) atoms. The van der Waals surface area contributed by atoms with E-state index in [1.165, 1.54) is 10.6 Å². The van der Waals surface area contributed by atoms with Crippen molar-refractivity contribution >= 4 is 28.4 Å². The second-order valence-corrected chi connectivity index (χ2v) is 7.21. The maximum Gasteiger partial charge on any atom is 0.258 e. The Balaban J connectivity index is 1.75. The van der Waals surface area contributed by atoms with Crippen LogP contribution in [0.1, 0.15) is 17.8 Å². The molecule has 2 heterocycles. The Hall–Kier alpha value is -2.27. The summed E-state index contributed by atoms with van der Waals surface area (Å²) in [5.41, 5.74) is 3.00. The summed E-state index contributed by atoms with van der Waals surface area (Å²) in [5, 5.41) is 0.658. The quantitative estimate of drug-likeness (QED) is 0.774. The van der Waals surface area contributed by atoms with Gasteiger partial charge in [0.2, 0.25) is 0 Å². The van der Waals surface area contributed by atoms with Crippen LogP contribution >= 0.6 is 11.8 Å². The van der Waals surface area contributed by atoms with E-state index in [9.17, 15) is 4.79 Å². The molecule has 1 aliphatic heterocycles. The predicted octanol–water partition coefficient (Wildman–Crippen LogP) is 3.73. The molecule has 0 fully saturated rings. The Labute approximate surface area is 144 Å². The molecule has 0 amide bonds. The van der Waals surface area contributed by atoms with E-state index < -0.39 is 0 Å². The SMILES string of the molecule is Cc1cccc2c(=O)[nH]c(CN3CCCSc4ccccc43)nc12. The molecule has 1 aliphatic rings. The lowest BCUT2D eigenvalue weighted by Gasteiger charge is -2.24. The first-order valence-electron chi connectivity index (χ1n) is 8.18. The number of aromatic amines is 1. The van der Waals surface area contributed by atoms with Crippen molar-refractivity contribution in [2.24, 2.45) is 0 Å². The van der Waals surface area contributed by atoms with Gasteiger partial charge in [0.15, 0.2) is 0 Å². The Morgan fingerprint density at radius 3 is 3.00 bits per heavy atom. The van der Waals surface area contributed by atoms with Crippen LogP contribution in [0.2, 0.25) is 0 Å². The fourth-order valence-corrected chi connectivity index (χ4v) is 4.18. The number of nitrogens with zero attached hydrogens (tertiary/aromatic N) is 2. The number of nitrogens with one attached hydrogen (secondary N) is 1. The molecule has 0 atom stereocenters. The van der Waals surface area contributed by atoms with E-state index in [-0.39, 0.29) is 5.56 Å².